The number of anilines is 3. The van der Waals surface area contributed by atoms with E-state index in [0.717, 1.165) is 23.1 Å². The number of benzene rings is 2. The maximum Gasteiger partial charge on any atom is 0.257 e. The Kier molecular flexibility index (Phi) is 3.65. The number of fused-ring (bicyclic) bond motifs is 1. The highest BCUT2D eigenvalue weighted by Gasteiger charge is 2.11. The first-order valence-electron chi connectivity index (χ1n) is 7.07. The number of nitrogens with one attached hydrogen (secondary N) is 3. The number of nitrogen functional groups attached to an aromatic ring is 1. The van der Waals surface area contributed by atoms with Gasteiger partial charge in [0.1, 0.15) is 0 Å². The Labute approximate surface area is 127 Å². The summed E-state index contributed by atoms with van der Waals surface area (Å²) in [4.78, 5) is 12.5. The smallest absolute Gasteiger partial charge is 0.257 e. The van der Waals surface area contributed by atoms with Crippen LogP contribution in [-0.2, 0) is 0 Å². The Bertz CT molecular complexity index is 824. The maximum atomic E-state index is 12.5. The molecule has 6 heteroatoms. The molecule has 1 heterocycles. The van der Waals surface area contributed by atoms with Gasteiger partial charge in [0.2, 0.25) is 0 Å². The molecule has 0 fully saturated rings. The molecule has 0 bridgehead atoms. The molecule has 0 radical (unpaired) electrons. The normalized spacial score (nSPS) is 10.6. The van der Waals surface area contributed by atoms with Crippen LogP contribution in [-0.4, -0.2) is 22.6 Å². The summed E-state index contributed by atoms with van der Waals surface area (Å²) >= 11 is 0. The molecule has 0 spiro atoms. The zero-order valence-corrected chi connectivity index (χ0v) is 12.2. The lowest BCUT2D eigenvalue weighted by Crippen LogP contribution is -2.14. The van der Waals surface area contributed by atoms with Crippen LogP contribution in [0.4, 0.5) is 17.2 Å². The van der Waals surface area contributed by atoms with Crippen LogP contribution >= 0.6 is 0 Å². The summed E-state index contributed by atoms with van der Waals surface area (Å²) in [6.45, 7) is 2.74. The SMILES string of the molecule is CCNc1ccccc1C(=O)Nc1ccc2[nH]nc(N)c2c1. The van der Waals surface area contributed by atoms with Gasteiger partial charge in [-0.2, -0.15) is 5.10 Å². The average molecular weight is 295 g/mol. The molecular formula is C16H17N5O. The van der Waals surface area contributed by atoms with Gasteiger partial charge < -0.3 is 16.4 Å². The summed E-state index contributed by atoms with van der Waals surface area (Å²) in [7, 11) is 0. The van der Waals surface area contributed by atoms with Crippen LogP contribution in [0.25, 0.3) is 10.9 Å². The van der Waals surface area contributed by atoms with Crippen LogP contribution in [0, 0.1) is 0 Å². The van der Waals surface area contributed by atoms with Crippen molar-refractivity contribution in [3.05, 3.63) is 48.0 Å². The molecule has 6 nitrogen and oxygen atoms in total. The maximum absolute atomic E-state index is 12.5. The van der Waals surface area contributed by atoms with E-state index in [-0.39, 0.29) is 5.91 Å². The summed E-state index contributed by atoms with van der Waals surface area (Å²) in [5.41, 5.74) is 8.71. The number of hydrogen-bond donors (Lipinski definition) is 4. The van der Waals surface area contributed by atoms with E-state index in [0.29, 0.717) is 17.1 Å². The second kappa shape index (κ2) is 5.77. The van der Waals surface area contributed by atoms with Crippen molar-refractivity contribution < 1.29 is 4.79 Å². The average Bonchev–Trinajstić information content (AvgIpc) is 2.89. The molecule has 0 saturated carbocycles. The van der Waals surface area contributed by atoms with E-state index in [1.54, 1.807) is 6.07 Å². The lowest BCUT2D eigenvalue weighted by atomic mass is 10.1. The van der Waals surface area contributed by atoms with Crippen LogP contribution in [0.1, 0.15) is 17.3 Å². The fraction of sp³-hybridized carbons (Fsp3) is 0.125. The molecule has 0 saturated heterocycles. The van der Waals surface area contributed by atoms with E-state index in [4.69, 9.17) is 5.73 Å². The molecule has 0 aliphatic heterocycles. The lowest BCUT2D eigenvalue weighted by Gasteiger charge is -2.11. The molecule has 0 unspecified atom stereocenters. The minimum atomic E-state index is -0.169. The summed E-state index contributed by atoms with van der Waals surface area (Å²) in [6, 6.07) is 12.9. The van der Waals surface area contributed by atoms with Crippen LogP contribution in [0.15, 0.2) is 42.5 Å². The first-order chi connectivity index (χ1) is 10.7. The van der Waals surface area contributed by atoms with Crippen molar-refractivity contribution in [3.63, 3.8) is 0 Å². The Balaban J connectivity index is 1.88. The highest BCUT2D eigenvalue weighted by atomic mass is 16.1. The van der Waals surface area contributed by atoms with Gasteiger partial charge in [0.05, 0.1) is 11.1 Å². The molecule has 1 aromatic heterocycles. The topological polar surface area (TPSA) is 95.8 Å². The third-order valence-corrected chi connectivity index (χ3v) is 3.39. The fourth-order valence-corrected chi connectivity index (χ4v) is 2.34. The van der Waals surface area contributed by atoms with E-state index in [1.165, 1.54) is 0 Å². The number of rotatable bonds is 4. The molecule has 22 heavy (non-hydrogen) atoms. The number of nitrogens with zero attached hydrogens (tertiary/aromatic N) is 1. The quantitative estimate of drug-likeness (QED) is 0.595. The van der Waals surface area contributed by atoms with Crippen LogP contribution in [0.3, 0.4) is 0 Å². The summed E-state index contributed by atoms with van der Waals surface area (Å²) in [5.74, 6) is 0.247. The van der Waals surface area contributed by atoms with Crippen molar-refractivity contribution in [3.8, 4) is 0 Å². The van der Waals surface area contributed by atoms with E-state index in [1.807, 2.05) is 43.3 Å². The van der Waals surface area contributed by atoms with Crippen molar-refractivity contribution in [2.45, 2.75) is 6.92 Å². The minimum absolute atomic E-state index is 0.169. The van der Waals surface area contributed by atoms with Crippen molar-refractivity contribution in [1.29, 1.82) is 0 Å². The van der Waals surface area contributed by atoms with Crippen LogP contribution in [0.5, 0.6) is 0 Å². The molecular weight excluding hydrogens is 278 g/mol. The molecule has 0 aliphatic carbocycles. The Morgan fingerprint density at radius 1 is 1.27 bits per heavy atom. The van der Waals surface area contributed by atoms with Crippen molar-refractivity contribution in [1.82, 2.24) is 10.2 Å². The molecule has 112 valence electrons. The predicted molar refractivity (Wildman–Crippen MR) is 89.1 cm³/mol. The summed E-state index contributed by atoms with van der Waals surface area (Å²) < 4.78 is 0. The summed E-state index contributed by atoms with van der Waals surface area (Å²) in [5, 5.41) is 13.6. The number of para-hydroxylation sites is 1. The summed E-state index contributed by atoms with van der Waals surface area (Å²) in [6.07, 6.45) is 0. The van der Waals surface area contributed by atoms with Crippen molar-refractivity contribution in [2.75, 3.05) is 22.9 Å². The predicted octanol–water partition coefficient (Wildman–Crippen LogP) is 2.83. The molecule has 5 N–H and O–H groups in total. The number of nitrogens with two attached hydrogens (primary N) is 1. The second-order valence-electron chi connectivity index (χ2n) is 4.90. The first-order valence-corrected chi connectivity index (χ1v) is 7.07. The zero-order valence-electron chi connectivity index (χ0n) is 12.2. The molecule has 2 aromatic carbocycles. The monoisotopic (exact) mass is 295 g/mol. The van der Waals surface area contributed by atoms with Gasteiger partial charge in [-0.15, -0.1) is 0 Å². The number of H-pyrrole nitrogens is 1. The van der Waals surface area contributed by atoms with E-state index < -0.39 is 0 Å². The van der Waals surface area contributed by atoms with Crippen LogP contribution in [0.2, 0.25) is 0 Å². The lowest BCUT2D eigenvalue weighted by molar-refractivity contribution is 0.102. The van der Waals surface area contributed by atoms with Crippen LogP contribution < -0.4 is 16.4 Å². The largest absolute Gasteiger partial charge is 0.385 e. The van der Waals surface area contributed by atoms with Gasteiger partial charge in [-0.25, -0.2) is 0 Å². The highest BCUT2D eigenvalue weighted by molar-refractivity contribution is 6.08. The molecule has 0 aliphatic rings. The third-order valence-electron chi connectivity index (χ3n) is 3.39. The Morgan fingerprint density at radius 3 is 2.91 bits per heavy atom. The van der Waals surface area contributed by atoms with Gasteiger partial charge in [0.15, 0.2) is 5.82 Å². The Morgan fingerprint density at radius 2 is 2.09 bits per heavy atom. The van der Waals surface area contributed by atoms with Gasteiger partial charge in [-0.3, -0.25) is 9.89 Å². The number of aromatic amines is 1. The Hall–Kier alpha value is -3.02. The molecule has 0 atom stereocenters. The van der Waals surface area contributed by atoms with E-state index >= 15 is 0 Å². The zero-order chi connectivity index (χ0) is 15.5. The highest BCUT2D eigenvalue weighted by Crippen LogP contribution is 2.23. The number of carbonyl (C=O) groups excluding carboxylic acids is 1. The molecule has 1 amide bonds. The van der Waals surface area contributed by atoms with E-state index in [2.05, 4.69) is 20.8 Å². The van der Waals surface area contributed by atoms with Gasteiger partial charge >= 0.3 is 0 Å². The number of carbonyl (C=O) groups is 1. The van der Waals surface area contributed by atoms with E-state index in [9.17, 15) is 4.79 Å². The second-order valence-corrected chi connectivity index (χ2v) is 4.90. The van der Waals surface area contributed by atoms with Gasteiger partial charge in [-0.05, 0) is 37.3 Å². The van der Waals surface area contributed by atoms with Gasteiger partial charge in [-0.1, -0.05) is 12.1 Å². The van der Waals surface area contributed by atoms with Crippen molar-refractivity contribution in [2.24, 2.45) is 0 Å². The molecule has 3 rings (SSSR count). The fourth-order valence-electron chi connectivity index (χ4n) is 2.34. The third kappa shape index (κ3) is 2.58. The minimum Gasteiger partial charge on any atom is -0.385 e. The van der Waals surface area contributed by atoms with Crippen molar-refractivity contribution >= 4 is 34.0 Å². The number of aromatic nitrogens is 2. The van der Waals surface area contributed by atoms with Gasteiger partial charge in [0.25, 0.3) is 5.91 Å². The number of amides is 1. The first kappa shape index (κ1) is 13.9. The molecule has 3 aromatic rings. The number of hydrogen-bond acceptors (Lipinski definition) is 4. The van der Waals surface area contributed by atoms with Gasteiger partial charge in [0, 0.05) is 23.3 Å². The standard InChI is InChI=1S/C16H17N5O/c1-2-18-13-6-4-3-5-11(13)16(22)19-10-7-8-14-12(9-10)15(17)21-20-14/h3-9,18H,2H2,1H3,(H,19,22)(H3,17,20,21).